The molecule has 0 saturated heterocycles. The lowest BCUT2D eigenvalue weighted by Crippen LogP contribution is -2.40. The van der Waals surface area contributed by atoms with Crippen LogP contribution >= 0.6 is 0 Å². The molecule has 1 aromatic carbocycles. The van der Waals surface area contributed by atoms with Gasteiger partial charge in [0.25, 0.3) is 0 Å². The van der Waals surface area contributed by atoms with Crippen LogP contribution in [0.15, 0.2) is 24.3 Å². The summed E-state index contributed by atoms with van der Waals surface area (Å²) in [5.74, 6) is 0.835. The standard InChI is InChI=1S/C15H25N3O2/c1-5-10-16-15(19)17-11-13(18(2)3)12-8-6-7-9-14(12)20-4/h6-9,13H,5,10-11H2,1-4H3,(H2,16,17,19). The fourth-order valence-electron chi connectivity index (χ4n) is 2.00. The van der Waals surface area contributed by atoms with Gasteiger partial charge in [-0.15, -0.1) is 0 Å². The van der Waals surface area contributed by atoms with Gasteiger partial charge in [-0.1, -0.05) is 25.1 Å². The predicted molar refractivity (Wildman–Crippen MR) is 81.1 cm³/mol. The number of methoxy groups -OCH3 is 1. The Morgan fingerprint density at radius 3 is 2.60 bits per heavy atom. The maximum atomic E-state index is 11.6. The van der Waals surface area contributed by atoms with E-state index in [0.29, 0.717) is 13.1 Å². The van der Waals surface area contributed by atoms with Crippen LogP contribution in [0.5, 0.6) is 5.75 Å². The maximum Gasteiger partial charge on any atom is 0.314 e. The van der Waals surface area contributed by atoms with Gasteiger partial charge in [0.2, 0.25) is 0 Å². The number of nitrogens with zero attached hydrogens (tertiary/aromatic N) is 1. The molecule has 5 heteroatoms. The largest absolute Gasteiger partial charge is 0.496 e. The molecule has 5 nitrogen and oxygen atoms in total. The van der Waals surface area contributed by atoms with Crippen LogP contribution in [0, 0.1) is 0 Å². The van der Waals surface area contributed by atoms with Crippen molar-refractivity contribution in [1.29, 1.82) is 0 Å². The van der Waals surface area contributed by atoms with Crippen molar-refractivity contribution in [2.75, 3.05) is 34.3 Å². The van der Waals surface area contributed by atoms with Crippen LogP contribution in [0.2, 0.25) is 0 Å². The average Bonchev–Trinajstić information content (AvgIpc) is 2.45. The highest BCUT2D eigenvalue weighted by molar-refractivity contribution is 5.73. The molecule has 0 fully saturated rings. The summed E-state index contributed by atoms with van der Waals surface area (Å²) < 4.78 is 5.39. The molecule has 0 aromatic heterocycles. The van der Waals surface area contributed by atoms with Crippen molar-refractivity contribution < 1.29 is 9.53 Å². The Kier molecular flexibility index (Phi) is 6.87. The number of carbonyl (C=O) groups excluding carboxylic acids is 1. The molecule has 2 N–H and O–H groups in total. The van der Waals surface area contributed by atoms with Crippen molar-refractivity contribution in [3.8, 4) is 5.75 Å². The molecule has 0 aliphatic rings. The highest BCUT2D eigenvalue weighted by atomic mass is 16.5. The second-order valence-corrected chi connectivity index (χ2v) is 4.86. The Bertz CT molecular complexity index is 421. The third-order valence-corrected chi connectivity index (χ3v) is 3.11. The summed E-state index contributed by atoms with van der Waals surface area (Å²) in [5, 5.41) is 5.71. The number of rotatable bonds is 7. The van der Waals surface area contributed by atoms with Gasteiger partial charge >= 0.3 is 6.03 Å². The summed E-state index contributed by atoms with van der Waals surface area (Å²) in [6.45, 7) is 3.24. The van der Waals surface area contributed by atoms with E-state index < -0.39 is 0 Å². The summed E-state index contributed by atoms with van der Waals surface area (Å²) in [6, 6.07) is 7.81. The highest BCUT2D eigenvalue weighted by Gasteiger charge is 2.18. The lowest BCUT2D eigenvalue weighted by atomic mass is 10.0. The third kappa shape index (κ3) is 4.74. The van der Waals surface area contributed by atoms with Gasteiger partial charge in [-0.3, -0.25) is 0 Å². The smallest absolute Gasteiger partial charge is 0.314 e. The van der Waals surface area contributed by atoms with Gasteiger partial charge in [0.1, 0.15) is 5.75 Å². The number of hydrogen-bond donors (Lipinski definition) is 2. The van der Waals surface area contributed by atoms with E-state index in [-0.39, 0.29) is 12.1 Å². The molecular weight excluding hydrogens is 254 g/mol. The second kappa shape index (κ2) is 8.43. The zero-order valence-corrected chi connectivity index (χ0v) is 12.8. The zero-order chi connectivity index (χ0) is 15.0. The Morgan fingerprint density at radius 2 is 2.00 bits per heavy atom. The van der Waals surface area contributed by atoms with Crippen LogP contribution in [-0.2, 0) is 0 Å². The van der Waals surface area contributed by atoms with E-state index in [0.717, 1.165) is 17.7 Å². The summed E-state index contributed by atoms with van der Waals surface area (Å²) in [5.41, 5.74) is 1.07. The van der Waals surface area contributed by atoms with Crippen LogP contribution in [0.3, 0.4) is 0 Å². The van der Waals surface area contributed by atoms with E-state index in [9.17, 15) is 4.79 Å². The number of hydrogen-bond acceptors (Lipinski definition) is 3. The van der Waals surface area contributed by atoms with Crippen LogP contribution in [0.25, 0.3) is 0 Å². The normalized spacial score (nSPS) is 12.1. The number of urea groups is 1. The van der Waals surface area contributed by atoms with Crippen LogP contribution in [-0.4, -0.2) is 45.2 Å². The number of para-hydroxylation sites is 1. The first-order valence-corrected chi connectivity index (χ1v) is 6.91. The van der Waals surface area contributed by atoms with Gasteiger partial charge in [0.05, 0.1) is 13.2 Å². The Labute approximate surface area is 121 Å². The molecular formula is C15H25N3O2. The van der Waals surface area contributed by atoms with Crippen molar-refractivity contribution in [3.05, 3.63) is 29.8 Å². The fraction of sp³-hybridized carbons (Fsp3) is 0.533. The topological polar surface area (TPSA) is 53.6 Å². The molecule has 1 rings (SSSR count). The Hall–Kier alpha value is -1.75. The highest BCUT2D eigenvalue weighted by Crippen LogP contribution is 2.27. The summed E-state index contributed by atoms with van der Waals surface area (Å²) in [6.07, 6.45) is 0.928. The van der Waals surface area contributed by atoms with Crippen molar-refractivity contribution in [2.24, 2.45) is 0 Å². The zero-order valence-electron chi connectivity index (χ0n) is 12.8. The van der Waals surface area contributed by atoms with Gasteiger partial charge in [-0.2, -0.15) is 0 Å². The van der Waals surface area contributed by atoms with E-state index in [1.165, 1.54) is 0 Å². The molecule has 112 valence electrons. The first-order chi connectivity index (χ1) is 9.60. The fourth-order valence-corrected chi connectivity index (χ4v) is 2.00. The molecule has 0 saturated carbocycles. The molecule has 0 aliphatic carbocycles. The number of nitrogens with one attached hydrogen (secondary N) is 2. The Morgan fingerprint density at radius 1 is 1.30 bits per heavy atom. The third-order valence-electron chi connectivity index (χ3n) is 3.11. The van der Waals surface area contributed by atoms with E-state index in [4.69, 9.17) is 4.74 Å². The quantitative estimate of drug-likeness (QED) is 0.803. The predicted octanol–water partition coefficient (Wildman–Crippen LogP) is 2.01. The van der Waals surface area contributed by atoms with Crippen LogP contribution < -0.4 is 15.4 Å². The molecule has 20 heavy (non-hydrogen) atoms. The molecule has 0 aliphatic heterocycles. The van der Waals surface area contributed by atoms with Gasteiger partial charge in [0, 0.05) is 18.7 Å². The van der Waals surface area contributed by atoms with E-state index in [1.54, 1.807) is 7.11 Å². The molecule has 2 amide bonds. The molecule has 1 aromatic rings. The lowest BCUT2D eigenvalue weighted by molar-refractivity contribution is 0.232. The van der Waals surface area contributed by atoms with Crippen molar-refractivity contribution >= 4 is 6.03 Å². The van der Waals surface area contributed by atoms with E-state index in [1.807, 2.05) is 45.3 Å². The van der Waals surface area contributed by atoms with Crippen molar-refractivity contribution in [2.45, 2.75) is 19.4 Å². The molecule has 0 spiro atoms. The average molecular weight is 279 g/mol. The van der Waals surface area contributed by atoms with Crippen LogP contribution in [0.1, 0.15) is 24.9 Å². The van der Waals surface area contributed by atoms with Crippen molar-refractivity contribution in [1.82, 2.24) is 15.5 Å². The first-order valence-electron chi connectivity index (χ1n) is 6.91. The summed E-state index contributed by atoms with van der Waals surface area (Å²) in [7, 11) is 5.64. The van der Waals surface area contributed by atoms with Gasteiger partial charge < -0.3 is 20.3 Å². The lowest BCUT2D eigenvalue weighted by Gasteiger charge is -2.26. The minimum absolute atomic E-state index is 0.0681. The Balaban J connectivity index is 2.72. The van der Waals surface area contributed by atoms with Gasteiger partial charge in [-0.05, 0) is 26.6 Å². The van der Waals surface area contributed by atoms with E-state index in [2.05, 4.69) is 15.5 Å². The molecule has 0 heterocycles. The minimum atomic E-state index is -0.131. The van der Waals surface area contributed by atoms with E-state index >= 15 is 0 Å². The minimum Gasteiger partial charge on any atom is -0.496 e. The first kappa shape index (κ1) is 16.3. The number of amides is 2. The van der Waals surface area contributed by atoms with Gasteiger partial charge in [0.15, 0.2) is 0 Å². The summed E-state index contributed by atoms with van der Waals surface area (Å²) in [4.78, 5) is 13.7. The number of benzene rings is 1. The molecule has 0 bridgehead atoms. The van der Waals surface area contributed by atoms with Crippen molar-refractivity contribution in [3.63, 3.8) is 0 Å². The SMILES string of the molecule is CCCNC(=O)NCC(c1ccccc1OC)N(C)C. The number of likely N-dealkylation sites (N-methyl/N-ethyl adjacent to an activating group) is 1. The maximum absolute atomic E-state index is 11.6. The molecule has 1 unspecified atom stereocenters. The molecule has 0 radical (unpaired) electrons. The van der Waals surface area contributed by atoms with Gasteiger partial charge in [-0.25, -0.2) is 4.79 Å². The molecule has 1 atom stereocenters. The second-order valence-electron chi connectivity index (χ2n) is 4.86. The monoisotopic (exact) mass is 279 g/mol. The van der Waals surface area contributed by atoms with Crippen LogP contribution in [0.4, 0.5) is 4.79 Å². The number of ether oxygens (including phenoxy) is 1. The summed E-state index contributed by atoms with van der Waals surface area (Å²) >= 11 is 0. The number of carbonyl (C=O) groups is 1.